The zero-order chi connectivity index (χ0) is 20.8. The molecule has 0 radical (unpaired) electrons. The second-order valence-electron chi connectivity index (χ2n) is 7.49. The smallest absolute Gasteiger partial charge is 0.254 e. The third-order valence-corrected chi connectivity index (χ3v) is 5.16. The summed E-state index contributed by atoms with van der Waals surface area (Å²) in [5, 5.41) is 2.95. The molecule has 2 aromatic rings. The maximum Gasteiger partial charge on any atom is 0.254 e. The summed E-state index contributed by atoms with van der Waals surface area (Å²) >= 11 is 0. The van der Waals surface area contributed by atoms with Crippen LogP contribution in [0.3, 0.4) is 0 Å². The van der Waals surface area contributed by atoms with E-state index in [4.69, 9.17) is 0 Å². The number of nitrogens with zero attached hydrogens (tertiary/aromatic N) is 2. The molecule has 1 aliphatic rings. The summed E-state index contributed by atoms with van der Waals surface area (Å²) in [4.78, 5) is 40.8. The summed E-state index contributed by atoms with van der Waals surface area (Å²) in [6, 6.07) is 15.8. The lowest BCUT2D eigenvalue weighted by atomic mass is 10.00. The molecule has 0 spiro atoms. The summed E-state index contributed by atoms with van der Waals surface area (Å²) in [5.74, 6) is -0.294. The Labute approximate surface area is 171 Å². The van der Waals surface area contributed by atoms with E-state index in [1.807, 2.05) is 30.3 Å². The van der Waals surface area contributed by atoms with E-state index in [0.717, 1.165) is 18.4 Å². The van der Waals surface area contributed by atoms with Crippen LogP contribution in [-0.2, 0) is 11.3 Å². The summed E-state index contributed by atoms with van der Waals surface area (Å²) in [7, 11) is 3.42. The number of benzene rings is 2. The number of piperidine rings is 1. The summed E-state index contributed by atoms with van der Waals surface area (Å²) < 4.78 is 0. The van der Waals surface area contributed by atoms with Crippen molar-refractivity contribution in [3.63, 3.8) is 0 Å². The monoisotopic (exact) mass is 393 g/mol. The van der Waals surface area contributed by atoms with Gasteiger partial charge in [-0.3, -0.25) is 14.4 Å². The summed E-state index contributed by atoms with van der Waals surface area (Å²) in [6.45, 7) is 0.951. The molecule has 3 rings (SSSR count). The first kappa shape index (κ1) is 20.6. The number of amides is 3. The third-order valence-electron chi connectivity index (χ3n) is 5.16. The van der Waals surface area contributed by atoms with E-state index in [0.29, 0.717) is 30.6 Å². The Morgan fingerprint density at radius 1 is 0.966 bits per heavy atom. The van der Waals surface area contributed by atoms with E-state index in [2.05, 4.69) is 5.32 Å². The Morgan fingerprint density at radius 2 is 1.66 bits per heavy atom. The van der Waals surface area contributed by atoms with Gasteiger partial charge in [-0.15, -0.1) is 0 Å². The number of hydrogen-bond acceptors (Lipinski definition) is 3. The average Bonchev–Trinajstić information content (AvgIpc) is 2.77. The van der Waals surface area contributed by atoms with Gasteiger partial charge in [0.2, 0.25) is 5.91 Å². The molecule has 1 unspecified atom stereocenters. The number of carbonyl (C=O) groups is 3. The van der Waals surface area contributed by atoms with Gasteiger partial charge in [-0.05, 0) is 49.1 Å². The molecule has 6 heteroatoms. The quantitative estimate of drug-likeness (QED) is 0.849. The first-order valence-corrected chi connectivity index (χ1v) is 9.91. The third kappa shape index (κ3) is 5.02. The van der Waals surface area contributed by atoms with E-state index >= 15 is 0 Å². The normalized spacial score (nSPS) is 16.2. The van der Waals surface area contributed by atoms with Gasteiger partial charge in [-0.2, -0.15) is 0 Å². The minimum atomic E-state index is -0.453. The predicted octanol–water partition coefficient (Wildman–Crippen LogP) is 2.70. The van der Waals surface area contributed by atoms with Crippen molar-refractivity contribution in [2.45, 2.75) is 31.8 Å². The van der Waals surface area contributed by atoms with Crippen molar-refractivity contribution in [1.82, 2.24) is 15.1 Å². The zero-order valence-electron chi connectivity index (χ0n) is 16.9. The molecule has 1 fully saturated rings. The topological polar surface area (TPSA) is 69.7 Å². The fourth-order valence-electron chi connectivity index (χ4n) is 3.52. The molecule has 2 aromatic carbocycles. The first-order valence-electron chi connectivity index (χ1n) is 9.91. The van der Waals surface area contributed by atoms with E-state index in [9.17, 15) is 14.4 Å². The Hall–Kier alpha value is -3.15. The van der Waals surface area contributed by atoms with Crippen LogP contribution >= 0.6 is 0 Å². The van der Waals surface area contributed by atoms with Gasteiger partial charge in [-0.1, -0.05) is 30.3 Å². The van der Waals surface area contributed by atoms with Crippen LogP contribution in [-0.4, -0.2) is 54.2 Å². The maximum atomic E-state index is 12.9. The van der Waals surface area contributed by atoms with Crippen LogP contribution in [0.5, 0.6) is 0 Å². The van der Waals surface area contributed by atoms with Gasteiger partial charge < -0.3 is 15.1 Å². The van der Waals surface area contributed by atoms with Crippen molar-refractivity contribution < 1.29 is 14.4 Å². The van der Waals surface area contributed by atoms with Crippen LogP contribution in [0.15, 0.2) is 54.6 Å². The molecule has 1 heterocycles. The lowest BCUT2D eigenvalue weighted by molar-refractivity contribution is -0.126. The van der Waals surface area contributed by atoms with Crippen LogP contribution in [0.25, 0.3) is 0 Å². The molecule has 1 saturated heterocycles. The van der Waals surface area contributed by atoms with Crippen LogP contribution < -0.4 is 5.32 Å². The van der Waals surface area contributed by atoms with Gasteiger partial charge in [0.15, 0.2) is 0 Å². The molecule has 29 heavy (non-hydrogen) atoms. The fraction of sp³-hybridized carbons (Fsp3) is 0.348. The first-order chi connectivity index (χ1) is 14.0. The van der Waals surface area contributed by atoms with Crippen molar-refractivity contribution in [2.75, 3.05) is 20.6 Å². The molecule has 6 nitrogen and oxygen atoms in total. The molecule has 0 saturated carbocycles. The number of carbonyl (C=O) groups excluding carboxylic acids is 3. The number of nitrogens with one attached hydrogen (secondary N) is 1. The Balaban J connectivity index is 1.62. The highest BCUT2D eigenvalue weighted by Gasteiger charge is 2.32. The van der Waals surface area contributed by atoms with E-state index in [-0.39, 0.29) is 17.7 Å². The molecule has 152 valence electrons. The number of likely N-dealkylation sites (tertiary alicyclic amines) is 1. The molecular formula is C23H27N3O3. The van der Waals surface area contributed by atoms with Crippen molar-refractivity contribution in [2.24, 2.45) is 0 Å². The van der Waals surface area contributed by atoms with Crippen LogP contribution in [0.2, 0.25) is 0 Å². The molecule has 0 bridgehead atoms. The van der Waals surface area contributed by atoms with Crippen LogP contribution in [0.4, 0.5) is 0 Å². The Bertz CT molecular complexity index is 863. The van der Waals surface area contributed by atoms with Gasteiger partial charge in [0.25, 0.3) is 11.8 Å². The van der Waals surface area contributed by atoms with Crippen LogP contribution in [0.1, 0.15) is 45.5 Å². The molecule has 1 atom stereocenters. The van der Waals surface area contributed by atoms with E-state index in [1.54, 1.807) is 43.3 Å². The van der Waals surface area contributed by atoms with Crippen molar-refractivity contribution in [1.29, 1.82) is 0 Å². The molecular weight excluding hydrogens is 366 g/mol. The molecule has 1 N–H and O–H groups in total. The van der Waals surface area contributed by atoms with Gasteiger partial charge >= 0.3 is 0 Å². The second-order valence-corrected chi connectivity index (χ2v) is 7.49. The number of rotatable bonds is 5. The lowest BCUT2D eigenvalue weighted by Gasteiger charge is -2.34. The minimum absolute atomic E-state index is 0.0575. The maximum absolute atomic E-state index is 12.9. The molecule has 1 aliphatic heterocycles. The van der Waals surface area contributed by atoms with Gasteiger partial charge in [0.05, 0.1) is 0 Å². The average molecular weight is 393 g/mol. The van der Waals surface area contributed by atoms with E-state index < -0.39 is 6.04 Å². The fourth-order valence-corrected chi connectivity index (χ4v) is 3.52. The molecule has 0 aliphatic carbocycles. The van der Waals surface area contributed by atoms with E-state index in [1.165, 1.54) is 4.90 Å². The summed E-state index contributed by atoms with van der Waals surface area (Å²) in [6.07, 6.45) is 2.50. The SMILES string of the molecule is CN(C)C(=O)c1ccc(CNC(=O)C2CCCCN2C(=O)c2ccccc2)cc1. The van der Waals surface area contributed by atoms with Crippen molar-refractivity contribution in [3.8, 4) is 0 Å². The standard InChI is InChI=1S/C23H27N3O3/c1-25(2)22(28)19-13-11-17(12-14-19)16-24-21(27)20-10-6-7-15-26(20)23(29)18-8-4-3-5-9-18/h3-5,8-9,11-14,20H,6-7,10,15-16H2,1-2H3,(H,24,27). The summed E-state index contributed by atoms with van der Waals surface area (Å²) in [5.41, 5.74) is 2.12. The Kier molecular flexibility index (Phi) is 6.65. The Morgan fingerprint density at radius 3 is 2.31 bits per heavy atom. The van der Waals surface area contributed by atoms with Gasteiger partial charge in [0.1, 0.15) is 6.04 Å². The highest BCUT2D eigenvalue weighted by atomic mass is 16.2. The predicted molar refractivity (Wildman–Crippen MR) is 111 cm³/mol. The van der Waals surface area contributed by atoms with Crippen LogP contribution in [0, 0.1) is 0 Å². The zero-order valence-corrected chi connectivity index (χ0v) is 16.9. The lowest BCUT2D eigenvalue weighted by Crippen LogP contribution is -2.51. The van der Waals surface area contributed by atoms with Gasteiger partial charge in [-0.25, -0.2) is 0 Å². The van der Waals surface area contributed by atoms with Crippen molar-refractivity contribution >= 4 is 17.7 Å². The second kappa shape index (κ2) is 9.37. The van der Waals surface area contributed by atoms with Crippen molar-refractivity contribution in [3.05, 3.63) is 71.3 Å². The largest absolute Gasteiger partial charge is 0.350 e. The number of hydrogen-bond donors (Lipinski definition) is 1. The molecule has 0 aromatic heterocycles. The molecule has 3 amide bonds. The minimum Gasteiger partial charge on any atom is -0.350 e. The van der Waals surface area contributed by atoms with Gasteiger partial charge in [0, 0.05) is 38.3 Å². The highest BCUT2D eigenvalue weighted by Crippen LogP contribution is 2.20. The highest BCUT2D eigenvalue weighted by molar-refractivity contribution is 5.97.